The zero-order valence-corrected chi connectivity index (χ0v) is 8.16. The van der Waals surface area contributed by atoms with Crippen LogP contribution in [0.4, 0.5) is 0 Å². The number of hydrogen-bond donors (Lipinski definition) is 0. The van der Waals surface area contributed by atoms with Gasteiger partial charge in [-0.15, -0.1) is 0 Å². The fraction of sp³-hybridized carbons (Fsp3) is 0.333. The van der Waals surface area contributed by atoms with Gasteiger partial charge in [-0.05, 0) is 6.42 Å². The lowest BCUT2D eigenvalue weighted by Crippen LogP contribution is -1.95. The Morgan fingerprint density at radius 3 is 3.00 bits per heavy atom. The number of aromatic nitrogens is 2. The van der Waals surface area contributed by atoms with Crippen molar-refractivity contribution < 1.29 is 4.74 Å². The molecule has 70 valence electrons. The quantitative estimate of drug-likeness (QED) is 0.551. The summed E-state index contributed by atoms with van der Waals surface area (Å²) < 4.78 is 5.27. The zero-order valence-electron chi connectivity index (χ0n) is 7.40. The van der Waals surface area contributed by atoms with Gasteiger partial charge >= 0.3 is 0 Å². The van der Waals surface area contributed by atoms with Crippen LogP contribution in [-0.2, 0) is 0 Å². The molecule has 4 heteroatoms. The van der Waals surface area contributed by atoms with Crippen molar-refractivity contribution in [2.24, 2.45) is 0 Å². The van der Waals surface area contributed by atoms with Crippen molar-refractivity contribution in [2.45, 2.75) is 13.3 Å². The molecule has 0 unspecified atom stereocenters. The van der Waals surface area contributed by atoms with E-state index in [9.17, 15) is 0 Å². The lowest BCUT2D eigenvalue weighted by molar-refractivity contribution is 0.347. The van der Waals surface area contributed by atoms with Gasteiger partial charge in [0, 0.05) is 6.07 Å². The van der Waals surface area contributed by atoms with Crippen LogP contribution in [0.3, 0.4) is 0 Å². The molecule has 3 nitrogen and oxygen atoms in total. The summed E-state index contributed by atoms with van der Waals surface area (Å²) in [7, 11) is 0. The molecule has 0 aliphatic carbocycles. The summed E-state index contributed by atoms with van der Waals surface area (Å²) in [5.74, 6) is 0.501. The van der Waals surface area contributed by atoms with E-state index < -0.39 is 0 Å². The molecule has 0 saturated heterocycles. The minimum absolute atomic E-state index is 0.393. The Kier molecular flexibility index (Phi) is 4.26. The van der Waals surface area contributed by atoms with E-state index >= 15 is 0 Å². The highest BCUT2D eigenvalue weighted by molar-refractivity contribution is 6.29. The summed E-state index contributed by atoms with van der Waals surface area (Å²) in [5, 5.41) is 0.393. The minimum atomic E-state index is 0.393. The Labute approximate surface area is 82.4 Å². The maximum absolute atomic E-state index is 5.64. The number of halogens is 1. The van der Waals surface area contributed by atoms with Crippen LogP contribution in [0.15, 0.2) is 24.5 Å². The molecule has 1 rings (SSSR count). The first kappa shape index (κ1) is 9.99. The smallest absolute Gasteiger partial charge is 0.218 e. The summed E-state index contributed by atoms with van der Waals surface area (Å²) in [6, 6.07) is 1.58. The van der Waals surface area contributed by atoms with Gasteiger partial charge in [-0.3, -0.25) is 0 Å². The average molecular weight is 199 g/mol. The summed E-state index contributed by atoms with van der Waals surface area (Å²) in [6.45, 7) is 2.58. The van der Waals surface area contributed by atoms with E-state index in [1.165, 1.54) is 6.33 Å². The van der Waals surface area contributed by atoms with Gasteiger partial charge in [0.2, 0.25) is 5.88 Å². The highest BCUT2D eigenvalue weighted by atomic mass is 35.5. The molecular formula is C9H11ClN2O. The Hall–Kier alpha value is -1.09. The highest BCUT2D eigenvalue weighted by Gasteiger charge is 1.94. The van der Waals surface area contributed by atoms with Gasteiger partial charge < -0.3 is 4.74 Å². The average Bonchev–Trinajstić information content (AvgIpc) is 2.13. The lowest BCUT2D eigenvalue weighted by Gasteiger charge is -2.00. The van der Waals surface area contributed by atoms with Gasteiger partial charge in [-0.1, -0.05) is 30.7 Å². The van der Waals surface area contributed by atoms with Crippen LogP contribution < -0.4 is 4.74 Å². The standard InChI is InChI=1S/C9H11ClN2O/c1-2-3-4-5-13-9-6-8(10)11-7-12-9/h3-4,6-7H,2,5H2,1H3. The second kappa shape index (κ2) is 5.54. The van der Waals surface area contributed by atoms with E-state index in [0.29, 0.717) is 17.6 Å². The first-order chi connectivity index (χ1) is 6.33. The second-order valence-corrected chi connectivity index (χ2v) is 2.76. The van der Waals surface area contributed by atoms with Crippen molar-refractivity contribution >= 4 is 11.6 Å². The molecule has 0 fully saturated rings. The van der Waals surface area contributed by atoms with Crippen LogP contribution in [0.5, 0.6) is 5.88 Å². The summed E-state index contributed by atoms with van der Waals surface area (Å²) >= 11 is 5.64. The molecule has 0 bridgehead atoms. The molecule has 1 aromatic heterocycles. The first-order valence-corrected chi connectivity index (χ1v) is 4.46. The van der Waals surface area contributed by atoms with Crippen LogP contribution >= 0.6 is 11.6 Å². The number of ether oxygens (including phenoxy) is 1. The van der Waals surface area contributed by atoms with Crippen LogP contribution in [-0.4, -0.2) is 16.6 Å². The Balaban J connectivity index is 2.41. The molecular weight excluding hydrogens is 188 g/mol. The number of allylic oxidation sites excluding steroid dienone is 1. The van der Waals surface area contributed by atoms with Crippen molar-refractivity contribution in [3.05, 3.63) is 29.7 Å². The molecule has 0 aromatic carbocycles. The summed E-state index contributed by atoms with van der Waals surface area (Å²) in [6.07, 6.45) is 6.36. The summed E-state index contributed by atoms with van der Waals surface area (Å²) in [5.41, 5.74) is 0. The van der Waals surface area contributed by atoms with Crippen molar-refractivity contribution in [1.82, 2.24) is 9.97 Å². The first-order valence-electron chi connectivity index (χ1n) is 4.08. The van der Waals surface area contributed by atoms with E-state index in [4.69, 9.17) is 16.3 Å². The Bertz CT molecular complexity index is 289. The molecule has 1 heterocycles. The van der Waals surface area contributed by atoms with Crippen molar-refractivity contribution in [1.29, 1.82) is 0 Å². The molecule has 0 saturated carbocycles. The topological polar surface area (TPSA) is 35.0 Å². The monoisotopic (exact) mass is 198 g/mol. The van der Waals surface area contributed by atoms with Gasteiger partial charge in [0.1, 0.15) is 18.1 Å². The van der Waals surface area contributed by atoms with E-state index in [1.807, 2.05) is 12.2 Å². The fourth-order valence-electron chi connectivity index (χ4n) is 0.764. The molecule has 0 N–H and O–H groups in total. The normalized spacial score (nSPS) is 10.6. The number of hydrogen-bond acceptors (Lipinski definition) is 3. The predicted octanol–water partition coefficient (Wildman–Crippen LogP) is 2.48. The van der Waals surface area contributed by atoms with Gasteiger partial charge in [0.15, 0.2) is 0 Å². The highest BCUT2D eigenvalue weighted by Crippen LogP contribution is 2.10. The number of rotatable bonds is 4. The van der Waals surface area contributed by atoms with Crippen LogP contribution in [0.1, 0.15) is 13.3 Å². The SMILES string of the molecule is CCC=CCOc1cc(Cl)ncn1. The molecule has 0 aliphatic rings. The Morgan fingerprint density at radius 2 is 2.31 bits per heavy atom. The van der Waals surface area contributed by atoms with Crippen LogP contribution in [0, 0.1) is 0 Å². The fourth-order valence-corrected chi connectivity index (χ4v) is 0.901. The van der Waals surface area contributed by atoms with E-state index in [-0.39, 0.29) is 0 Å². The van der Waals surface area contributed by atoms with Crippen molar-refractivity contribution in [3.63, 3.8) is 0 Å². The third kappa shape index (κ3) is 3.90. The largest absolute Gasteiger partial charge is 0.473 e. The Morgan fingerprint density at radius 1 is 1.46 bits per heavy atom. The maximum atomic E-state index is 5.64. The maximum Gasteiger partial charge on any atom is 0.218 e. The third-order valence-corrected chi connectivity index (χ3v) is 1.55. The third-order valence-electron chi connectivity index (χ3n) is 1.34. The zero-order chi connectivity index (χ0) is 9.52. The van der Waals surface area contributed by atoms with E-state index in [0.717, 1.165) is 6.42 Å². The van der Waals surface area contributed by atoms with E-state index in [1.54, 1.807) is 6.07 Å². The molecule has 0 aliphatic heterocycles. The molecule has 0 atom stereocenters. The van der Waals surface area contributed by atoms with Gasteiger partial charge in [0.05, 0.1) is 0 Å². The van der Waals surface area contributed by atoms with Crippen molar-refractivity contribution in [2.75, 3.05) is 6.61 Å². The molecule has 0 spiro atoms. The predicted molar refractivity (Wildman–Crippen MR) is 52.0 cm³/mol. The van der Waals surface area contributed by atoms with Gasteiger partial charge in [0.25, 0.3) is 0 Å². The summed E-state index contributed by atoms with van der Waals surface area (Å²) in [4.78, 5) is 7.63. The second-order valence-electron chi connectivity index (χ2n) is 2.37. The number of nitrogens with zero attached hydrogens (tertiary/aromatic N) is 2. The van der Waals surface area contributed by atoms with Crippen LogP contribution in [0.2, 0.25) is 5.15 Å². The lowest BCUT2D eigenvalue weighted by atomic mass is 10.4. The van der Waals surface area contributed by atoms with E-state index in [2.05, 4.69) is 16.9 Å². The molecule has 1 aromatic rings. The van der Waals surface area contributed by atoms with Crippen molar-refractivity contribution in [3.8, 4) is 5.88 Å². The molecule has 13 heavy (non-hydrogen) atoms. The van der Waals surface area contributed by atoms with Gasteiger partial charge in [-0.2, -0.15) is 0 Å². The molecule has 0 amide bonds. The minimum Gasteiger partial charge on any atom is -0.473 e. The van der Waals surface area contributed by atoms with Crippen LogP contribution in [0.25, 0.3) is 0 Å². The molecule has 0 radical (unpaired) electrons. The van der Waals surface area contributed by atoms with Gasteiger partial charge in [-0.25, -0.2) is 9.97 Å².